The average Bonchev–Trinajstić information content (AvgIpc) is 3.30. The summed E-state index contributed by atoms with van der Waals surface area (Å²) in [7, 11) is 0. The van der Waals surface area contributed by atoms with Crippen molar-refractivity contribution in [3.05, 3.63) is 52.2 Å². The average molecular weight is 359 g/mol. The van der Waals surface area contributed by atoms with Crippen molar-refractivity contribution in [1.29, 1.82) is 0 Å². The first-order chi connectivity index (χ1) is 11.8. The summed E-state index contributed by atoms with van der Waals surface area (Å²) in [6, 6.07) is 9.27. The normalized spacial score (nSPS) is 15.9. The zero-order valence-electron chi connectivity index (χ0n) is 12.5. The lowest BCUT2D eigenvalue weighted by Gasteiger charge is -2.24. The van der Waals surface area contributed by atoms with Crippen LogP contribution in [0.4, 0.5) is 0 Å². The fourth-order valence-corrected chi connectivity index (χ4v) is 3.78. The van der Waals surface area contributed by atoms with Gasteiger partial charge in [-0.2, -0.15) is 11.3 Å². The van der Waals surface area contributed by atoms with Crippen molar-refractivity contribution in [2.45, 2.75) is 12.7 Å². The van der Waals surface area contributed by atoms with Gasteiger partial charge in [0.25, 0.3) is 0 Å². The van der Waals surface area contributed by atoms with E-state index in [0.717, 1.165) is 16.3 Å². The van der Waals surface area contributed by atoms with Crippen LogP contribution in [-0.4, -0.2) is 23.7 Å². The second-order valence-corrected chi connectivity index (χ2v) is 6.77. The molecule has 7 heteroatoms. The number of nitrogens with zero attached hydrogens (tertiary/aromatic N) is 1. The van der Waals surface area contributed by atoms with Crippen molar-refractivity contribution >= 4 is 28.6 Å². The highest BCUT2D eigenvalue weighted by molar-refractivity contribution is 7.14. The predicted octanol–water partition coefficient (Wildman–Crippen LogP) is 3.75. The van der Waals surface area contributed by atoms with Gasteiger partial charge < -0.3 is 14.2 Å². The molecule has 0 bridgehead atoms. The maximum Gasteiger partial charge on any atom is 0.351 e. The molecule has 1 atom stereocenters. The summed E-state index contributed by atoms with van der Waals surface area (Å²) in [6.45, 7) is 0.272. The number of thiophene rings is 1. The summed E-state index contributed by atoms with van der Waals surface area (Å²) in [5, 5.41) is 6.87. The second kappa shape index (κ2) is 6.62. The van der Waals surface area contributed by atoms with Crippen molar-refractivity contribution in [3.63, 3.8) is 0 Å². The van der Waals surface area contributed by atoms with Crippen molar-refractivity contribution in [3.8, 4) is 22.1 Å². The second-order valence-electron chi connectivity index (χ2n) is 5.13. The van der Waals surface area contributed by atoms with Crippen LogP contribution < -0.4 is 9.47 Å². The Morgan fingerprint density at radius 2 is 2.12 bits per heavy atom. The lowest BCUT2D eigenvalue weighted by molar-refractivity contribution is -0.156. The number of para-hydroxylation sites is 2. The highest BCUT2D eigenvalue weighted by atomic mass is 32.1. The van der Waals surface area contributed by atoms with Gasteiger partial charge in [-0.3, -0.25) is 0 Å². The van der Waals surface area contributed by atoms with E-state index in [0.29, 0.717) is 11.5 Å². The third-order valence-electron chi connectivity index (χ3n) is 3.45. The van der Waals surface area contributed by atoms with Gasteiger partial charge in [0.1, 0.15) is 18.2 Å². The number of carbonyl (C=O) groups is 1. The predicted molar refractivity (Wildman–Crippen MR) is 91.6 cm³/mol. The van der Waals surface area contributed by atoms with Gasteiger partial charge in [-0.25, -0.2) is 9.78 Å². The summed E-state index contributed by atoms with van der Waals surface area (Å²) < 4.78 is 16.5. The van der Waals surface area contributed by atoms with Crippen LogP contribution in [0, 0.1) is 0 Å². The van der Waals surface area contributed by atoms with E-state index in [9.17, 15) is 4.79 Å². The minimum atomic E-state index is -0.755. The zero-order chi connectivity index (χ0) is 16.4. The van der Waals surface area contributed by atoms with E-state index in [-0.39, 0.29) is 13.2 Å². The van der Waals surface area contributed by atoms with Crippen molar-refractivity contribution in [2.24, 2.45) is 0 Å². The minimum absolute atomic E-state index is 0.126. The molecule has 0 unspecified atom stereocenters. The molecule has 1 aromatic carbocycles. The number of hydrogen-bond acceptors (Lipinski definition) is 7. The molecule has 2 aromatic heterocycles. The summed E-state index contributed by atoms with van der Waals surface area (Å²) in [4.78, 5) is 16.6. The zero-order valence-corrected chi connectivity index (χ0v) is 14.1. The number of carbonyl (C=O) groups excluding carboxylic acids is 1. The largest absolute Gasteiger partial charge is 0.485 e. The number of ether oxygens (including phenoxy) is 3. The van der Waals surface area contributed by atoms with Crippen LogP contribution in [0.15, 0.2) is 46.5 Å². The van der Waals surface area contributed by atoms with Crippen molar-refractivity contribution in [1.82, 2.24) is 4.98 Å². The molecular weight excluding hydrogens is 346 g/mol. The number of aromatic nitrogens is 1. The minimum Gasteiger partial charge on any atom is -0.485 e. The highest BCUT2D eigenvalue weighted by Gasteiger charge is 2.28. The van der Waals surface area contributed by atoms with Gasteiger partial charge in [0.2, 0.25) is 6.10 Å². The van der Waals surface area contributed by atoms with Gasteiger partial charge in [-0.15, -0.1) is 11.3 Å². The Kier molecular flexibility index (Phi) is 4.18. The van der Waals surface area contributed by atoms with Crippen molar-refractivity contribution in [2.75, 3.05) is 6.61 Å². The molecule has 0 saturated heterocycles. The third-order valence-corrected chi connectivity index (χ3v) is 5.08. The van der Waals surface area contributed by atoms with Gasteiger partial charge >= 0.3 is 5.97 Å². The van der Waals surface area contributed by atoms with Crippen LogP contribution in [0.25, 0.3) is 10.6 Å². The molecule has 122 valence electrons. The van der Waals surface area contributed by atoms with Crippen molar-refractivity contribution < 1.29 is 19.0 Å². The van der Waals surface area contributed by atoms with E-state index < -0.39 is 12.1 Å². The standard InChI is InChI=1S/C17H13NO4S2/c19-17(15-8-20-13-3-1-2-4-14(13)22-15)21-7-12-10-24-16(18-12)11-5-6-23-9-11/h1-6,9-10,15H,7-8H2/t15-/m1/s1. The fraction of sp³-hybridized carbons (Fsp3) is 0.176. The van der Waals surface area contributed by atoms with Crippen LogP contribution in [0.1, 0.15) is 5.69 Å². The molecule has 24 heavy (non-hydrogen) atoms. The van der Waals surface area contributed by atoms with Crippen LogP contribution >= 0.6 is 22.7 Å². The van der Waals surface area contributed by atoms with E-state index in [2.05, 4.69) is 4.98 Å². The molecule has 0 radical (unpaired) electrons. The molecule has 4 rings (SSSR count). The van der Waals surface area contributed by atoms with E-state index >= 15 is 0 Å². The van der Waals surface area contributed by atoms with E-state index in [1.54, 1.807) is 23.5 Å². The Bertz CT molecular complexity index is 844. The Balaban J connectivity index is 1.36. The first-order valence-electron chi connectivity index (χ1n) is 7.32. The van der Waals surface area contributed by atoms with Gasteiger partial charge in [0.05, 0.1) is 5.69 Å². The molecular formula is C17H13NO4S2. The molecule has 0 aliphatic carbocycles. The molecule has 1 aliphatic heterocycles. The molecule has 1 aliphatic rings. The van der Waals surface area contributed by atoms with Gasteiger partial charge in [-0.05, 0) is 23.6 Å². The summed E-state index contributed by atoms with van der Waals surface area (Å²) in [5.41, 5.74) is 1.81. The number of rotatable bonds is 4. The Hall–Kier alpha value is -2.38. The SMILES string of the molecule is O=C(OCc1csc(-c2ccsc2)n1)[C@H]1COc2ccccc2O1. The number of fused-ring (bicyclic) bond motifs is 1. The maximum absolute atomic E-state index is 12.2. The Morgan fingerprint density at radius 3 is 2.96 bits per heavy atom. The number of esters is 1. The molecule has 0 spiro atoms. The molecule has 0 amide bonds. The smallest absolute Gasteiger partial charge is 0.351 e. The van der Waals surface area contributed by atoms with Crippen LogP contribution in [0.2, 0.25) is 0 Å². The molecule has 0 N–H and O–H groups in total. The van der Waals surface area contributed by atoms with Crippen LogP contribution in [0.3, 0.4) is 0 Å². The molecule has 5 nitrogen and oxygen atoms in total. The van der Waals surface area contributed by atoms with E-state index in [1.165, 1.54) is 11.3 Å². The van der Waals surface area contributed by atoms with Crippen LogP contribution in [-0.2, 0) is 16.1 Å². The highest BCUT2D eigenvalue weighted by Crippen LogP contribution is 2.31. The topological polar surface area (TPSA) is 57.7 Å². The quantitative estimate of drug-likeness (QED) is 0.664. The monoisotopic (exact) mass is 359 g/mol. The third kappa shape index (κ3) is 3.13. The van der Waals surface area contributed by atoms with E-state index in [4.69, 9.17) is 14.2 Å². The lowest BCUT2D eigenvalue weighted by atomic mass is 10.2. The van der Waals surface area contributed by atoms with E-state index in [1.807, 2.05) is 34.3 Å². The number of hydrogen-bond donors (Lipinski definition) is 0. The maximum atomic E-state index is 12.2. The Labute approximate surface area is 146 Å². The first kappa shape index (κ1) is 15.2. The first-order valence-corrected chi connectivity index (χ1v) is 9.14. The van der Waals surface area contributed by atoms with Gasteiger partial charge in [0, 0.05) is 16.3 Å². The molecule has 0 fully saturated rings. The molecule has 3 heterocycles. The number of benzene rings is 1. The molecule has 3 aromatic rings. The van der Waals surface area contributed by atoms with Crippen LogP contribution in [0.5, 0.6) is 11.5 Å². The van der Waals surface area contributed by atoms with Gasteiger partial charge in [0.15, 0.2) is 11.5 Å². The Morgan fingerprint density at radius 1 is 1.25 bits per heavy atom. The summed E-state index contributed by atoms with van der Waals surface area (Å²) >= 11 is 3.16. The lowest BCUT2D eigenvalue weighted by Crippen LogP contribution is -2.37. The fourth-order valence-electron chi connectivity index (χ4n) is 2.27. The number of thiazole rings is 1. The van der Waals surface area contributed by atoms with Gasteiger partial charge in [-0.1, -0.05) is 12.1 Å². The molecule has 0 saturated carbocycles. The summed E-state index contributed by atoms with van der Waals surface area (Å²) in [6.07, 6.45) is -0.755. The summed E-state index contributed by atoms with van der Waals surface area (Å²) in [5.74, 6) is 0.746.